The van der Waals surface area contributed by atoms with Crippen molar-refractivity contribution in [2.45, 2.75) is 6.92 Å². The zero-order valence-corrected chi connectivity index (χ0v) is 10.7. The molecule has 0 amide bonds. The van der Waals surface area contributed by atoms with Crippen molar-refractivity contribution in [2.75, 3.05) is 18.1 Å². The lowest BCUT2D eigenvalue weighted by Gasteiger charge is -2.08. The van der Waals surface area contributed by atoms with E-state index in [2.05, 4.69) is 37.6 Å². The lowest BCUT2D eigenvalue weighted by molar-refractivity contribution is 1.12. The normalized spacial score (nSPS) is 10.8. The van der Waals surface area contributed by atoms with Crippen LogP contribution >= 0.6 is 0 Å². The molecule has 19 heavy (non-hydrogen) atoms. The molecular weight excluding hydrogens is 240 g/mol. The van der Waals surface area contributed by atoms with E-state index < -0.39 is 0 Å². The third-order valence-electron chi connectivity index (χ3n) is 3.06. The maximum Gasteiger partial charge on any atom is 0.222 e. The monoisotopic (exact) mass is 254 g/mol. The number of hydrogen-bond acceptors (Lipinski definition) is 5. The number of anilines is 2. The quantitative estimate of drug-likeness (QED) is 0.650. The van der Waals surface area contributed by atoms with Gasteiger partial charge < -0.3 is 11.1 Å². The number of aromatic amines is 1. The van der Waals surface area contributed by atoms with E-state index in [0.29, 0.717) is 5.82 Å². The predicted molar refractivity (Wildman–Crippen MR) is 75.8 cm³/mol. The molecule has 0 spiro atoms. The largest absolute Gasteiger partial charge is 0.373 e. The summed E-state index contributed by atoms with van der Waals surface area (Å²) in [6.07, 6.45) is 1.79. The van der Waals surface area contributed by atoms with Crippen LogP contribution in [0.3, 0.4) is 0 Å². The van der Waals surface area contributed by atoms with Gasteiger partial charge in [-0.25, -0.2) is 4.98 Å². The van der Waals surface area contributed by atoms with E-state index in [9.17, 15) is 0 Å². The van der Waals surface area contributed by atoms with E-state index >= 15 is 0 Å². The first-order chi connectivity index (χ1) is 9.17. The van der Waals surface area contributed by atoms with Crippen LogP contribution in [-0.2, 0) is 0 Å². The van der Waals surface area contributed by atoms with Crippen molar-refractivity contribution in [3.63, 3.8) is 0 Å². The molecule has 4 N–H and O–H groups in total. The molecule has 3 rings (SSSR count). The first kappa shape index (κ1) is 11.5. The van der Waals surface area contributed by atoms with Gasteiger partial charge in [-0.1, -0.05) is 0 Å². The molecule has 0 aliphatic rings. The minimum absolute atomic E-state index is 0.258. The third-order valence-corrected chi connectivity index (χ3v) is 3.06. The third kappa shape index (κ3) is 1.97. The Kier molecular flexibility index (Phi) is 2.56. The standard InChI is InChI=1S/C13H14N6/c1-7-3-10-8(6-16-19-10)4-9(7)11-5-12(15-2)18-13(14)17-11/h3-6H,1-2H3,(H,16,19)(H3,14,15,17,18). The van der Waals surface area contributed by atoms with E-state index in [1.54, 1.807) is 13.2 Å². The lowest BCUT2D eigenvalue weighted by atomic mass is 10.0. The Morgan fingerprint density at radius 3 is 2.84 bits per heavy atom. The number of nitrogen functional groups attached to an aromatic ring is 1. The van der Waals surface area contributed by atoms with Crippen LogP contribution in [0, 0.1) is 6.92 Å². The van der Waals surface area contributed by atoms with Crippen LogP contribution in [0.25, 0.3) is 22.2 Å². The van der Waals surface area contributed by atoms with Gasteiger partial charge >= 0.3 is 0 Å². The number of benzene rings is 1. The summed E-state index contributed by atoms with van der Waals surface area (Å²) >= 11 is 0. The number of aryl methyl sites for hydroxylation is 1. The predicted octanol–water partition coefficient (Wildman–Crippen LogP) is 1.95. The molecule has 6 heteroatoms. The first-order valence-electron chi connectivity index (χ1n) is 5.94. The zero-order valence-electron chi connectivity index (χ0n) is 10.7. The SMILES string of the molecule is CNc1cc(-c2cc3cn[nH]c3cc2C)nc(N)n1. The van der Waals surface area contributed by atoms with E-state index in [4.69, 9.17) is 5.73 Å². The van der Waals surface area contributed by atoms with Gasteiger partial charge in [-0.15, -0.1) is 0 Å². The number of nitrogens with one attached hydrogen (secondary N) is 2. The molecule has 0 saturated heterocycles. The molecule has 0 atom stereocenters. The Balaban J connectivity index is 2.22. The maximum absolute atomic E-state index is 5.73. The summed E-state index contributed by atoms with van der Waals surface area (Å²) < 4.78 is 0. The number of aromatic nitrogens is 4. The average molecular weight is 254 g/mol. The molecular formula is C13H14N6. The molecule has 96 valence electrons. The van der Waals surface area contributed by atoms with Crippen molar-refractivity contribution in [1.29, 1.82) is 0 Å². The molecule has 6 nitrogen and oxygen atoms in total. The van der Waals surface area contributed by atoms with Gasteiger partial charge in [0.1, 0.15) is 5.82 Å². The summed E-state index contributed by atoms with van der Waals surface area (Å²) in [7, 11) is 1.80. The Hall–Kier alpha value is -2.63. The Morgan fingerprint density at radius 2 is 2.05 bits per heavy atom. The van der Waals surface area contributed by atoms with E-state index in [1.807, 2.05) is 13.0 Å². The van der Waals surface area contributed by atoms with E-state index in [-0.39, 0.29) is 5.95 Å². The highest BCUT2D eigenvalue weighted by atomic mass is 15.1. The number of nitrogens with zero attached hydrogens (tertiary/aromatic N) is 3. The minimum atomic E-state index is 0.258. The van der Waals surface area contributed by atoms with Crippen LogP contribution in [0.2, 0.25) is 0 Å². The summed E-state index contributed by atoms with van der Waals surface area (Å²) in [6.45, 7) is 2.03. The second-order valence-electron chi connectivity index (χ2n) is 4.37. The van der Waals surface area contributed by atoms with Crippen LogP contribution in [0.4, 0.5) is 11.8 Å². The fraction of sp³-hybridized carbons (Fsp3) is 0.154. The van der Waals surface area contributed by atoms with Crippen LogP contribution in [-0.4, -0.2) is 27.2 Å². The van der Waals surface area contributed by atoms with Crippen molar-refractivity contribution in [3.05, 3.63) is 30.0 Å². The number of rotatable bonds is 2. The fourth-order valence-electron chi connectivity index (χ4n) is 2.11. The summed E-state index contributed by atoms with van der Waals surface area (Å²) in [4.78, 5) is 8.40. The van der Waals surface area contributed by atoms with Gasteiger partial charge in [0.25, 0.3) is 0 Å². The van der Waals surface area contributed by atoms with Crippen LogP contribution in [0.15, 0.2) is 24.4 Å². The molecule has 0 aliphatic heterocycles. The van der Waals surface area contributed by atoms with Gasteiger partial charge in [-0.2, -0.15) is 10.1 Å². The molecule has 1 aromatic carbocycles. The first-order valence-corrected chi connectivity index (χ1v) is 5.94. The van der Waals surface area contributed by atoms with Crippen molar-refractivity contribution in [3.8, 4) is 11.3 Å². The average Bonchev–Trinajstić information content (AvgIpc) is 2.84. The lowest BCUT2D eigenvalue weighted by Crippen LogP contribution is -2.01. The Labute approximate surface area is 110 Å². The van der Waals surface area contributed by atoms with E-state index in [1.165, 1.54) is 0 Å². The number of hydrogen-bond donors (Lipinski definition) is 3. The summed E-state index contributed by atoms with van der Waals surface area (Å²) in [5, 5.41) is 11.0. The Morgan fingerprint density at radius 1 is 1.21 bits per heavy atom. The number of fused-ring (bicyclic) bond motifs is 1. The maximum atomic E-state index is 5.73. The Bertz CT molecular complexity index is 746. The summed E-state index contributed by atoms with van der Waals surface area (Å²) in [6, 6.07) is 5.98. The minimum Gasteiger partial charge on any atom is -0.373 e. The molecule has 0 saturated carbocycles. The molecule has 2 aromatic heterocycles. The van der Waals surface area contributed by atoms with Gasteiger partial charge in [0.05, 0.1) is 17.4 Å². The van der Waals surface area contributed by atoms with Gasteiger partial charge in [-0.3, -0.25) is 5.10 Å². The zero-order chi connectivity index (χ0) is 13.4. The molecule has 0 aliphatic carbocycles. The second kappa shape index (κ2) is 4.24. The van der Waals surface area contributed by atoms with Crippen molar-refractivity contribution < 1.29 is 0 Å². The highest BCUT2D eigenvalue weighted by Gasteiger charge is 2.09. The van der Waals surface area contributed by atoms with Crippen LogP contribution in [0.5, 0.6) is 0 Å². The molecule has 0 radical (unpaired) electrons. The summed E-state index contributed by atoms with van der Waals surface area (Å²) in [5.74, 6) is 0.961. The van der Waals surface area contributed by atoms with E-state index in [0.717, 1.165) is 27.7 Å². The second-order valence-corrected chi connectivity index (χ2v) is 4.37. The van der Waals surface area contributed by atoms with Crippen molar-refractivity contribution >= 4 is 22.7 Å². The smallest absolute Gasteiger partial charge is 0.222 e. The number of nitrogens with two attached hydrogens (primary N) is 1. The summed E-state index contributed by atoms with van der Waals surface area (Å²) in [5.41, 5.74) is 9.68. The van der Waals surface area contributed by atoms with Gasteiger partial charge in [0.2, 0.25) is 5.95 Å². The molecule has 3 aromatic rings. The number of H-pyrrole nitrogens is 1. The fourth-order valence-corrected chi connectivity index (χ4v) is 2.11. The van der Waals surface area contributed by atoms with Crippen LogP contribution < -0.4 is 11.1 Å². The highest BCUT2D eigenvalue weighted by Crippen LogP contribution is 2.27. The molecule has 0 unspecified atom stereocenters. The molecule has 0 bridgehead atoms. The van der Waals surface area contributed by atoms with Gasteiger partial charge in [-0.05, 0) is 24.6 Å². The van der Waals surface area contributed by atoms with Crippen LogP contribution in [0.1, 0.15) is 5.56 Å². The topological polar surface area (TPSA) is 92.5 Å². The van der Waals surface area contributed by atoms with Crippen molar-refractivity contribution in [2.24, 2.45) is 0 Å². The molecule has 0 fully saturated rings. The van der Waals surface area contributed by atoms with Crippen molar-refractivity contribution in [1.82, 2.24) is 20.2 Å². The highest BCUT2D eigenvalue weighted by molar-refractivity contribution is 5.85. The van der Waals surface area contributed by atoms with Gasteiger partial charge in [0.15, 0.2) is 0 Å². The van der Waals surface area contributed by atoms with Gasteiger partial charge in [0, 0.05) is 24.1 Å². The molecule has 2 heterocycles.